The number of nitrogens with zero attached hydrogens (tertiary/aromatic N) is 1. The Labute approximate surface area is 105 Å². The molecular weight excluding hydrogens is 233 g/mol. The molecule has 18 heavy (non-hydrogen) atoms. The average Bonchev–Trinajstić information content (AvgIpc) is 2.36. The smallest absolute Gasteiger partial charge is 0.168 e. The number of hydrogen-bond donors (Lipinski definition) is 1. The predicted octanol–water partition coefficient (Wildman–Crippen LogP) is 3.37. The van der Waals surface area contributed by atoms with Crippen molar-refractivity contribution in [3.8, 4) is 11.5 Å². The maximum Gasteiger partial charge on any atom is 0.168 e. The van der Waals surface area contributed by atoms with Gasteiger partial charge in [0.1, 0.15) is 5.75 Å². The molecule has 0 unspecified atom stereocenters. The largest absolute Gasteiger partial charge is 0.453 e. The van der Waals surface area contributed by atoms with Crippen molar-refractivity contribution < 1.29 is 14.2 Å². The van der Waals surface area contributed by atoms with E-state index in [0.717, 1.165) is 0 Å². The number of aromatic nitrogens is 1. The van der Waals surface area contributed by atoms with Gasteiger partial charge in [-0.3, -0.25) is 4.98 Å². The number of rotatable bonds is 3. The standard InChI is InChI=1S/C14H14FNO2/c1-9-4-3-5-13(14(9)15)18-11-6-7-12(10(2)17)16-8-11/h3-8,10,17H,1-2H3/t10-/m1/s1. The fraction of sp³-hybridized carbons (Fsp3) is 0.214. The van der Waals surface area contributed by atoms with E-state index in [9.17, 15) is 9.50 Å². The highest BCUT2D eigenvalue weighted by molar-refractivity contribution is 5.34. The van der Waals surface area contributed by atoms with E-state index in [-0.39, 0.29) is 11.6 Å². The summed E-state index contributed by atoms with van der Waals surface area (Å²) in [6, 6.07) is 8.26. The lowest BCUT2D eigenvalue weighted by Gasteiger charge is -2.09. The van der Waals surface area contributed by atoms with Gasteiger partial charge in [-0.15, -0.1) is 0 Å². The summed E-state index contributed by atoms with van der Waals surface area (Å²) in [4.78, 5) is 4.03. The van der Waals surface area contributed by atoms with Gasteiger partial charge in [-0.25, -0.2) is 4.39 Å². The summed E-state index contributed by atoms with van der Waals surface area (Å²) in [5.41, 5.74) is 1.08. The summed E-state index contributed by atoms with van der Waals surface area (Å²) in [6.45, 7) is 3.31. The van der Waals surface area contributed by atoms with Gasteiger partial charge in [-0.1, -0.05) is 12.1 Å². The van der Waals surface area contributed by atoms with Crippen LogP contribution in [0.5, 0.6) is 11.5 Å². The molecule has 0 bridgehead atoms. The number of ether oxygens (including phenoxy) is 1. The normalized spacial score (nSPS) is 12.2. The third kappa shape index (κ3) is 2.65. The first-order valence-corrected chi connectivity index (χ1v) is 5.65. The van der Waals surface area contributed by atoms with Crippen LogP contribution in [0.15, 0.2) is 36.5 Å². The number of halogens is 1. The number of aliphatic hydroxyl groups excluding tert-OH is 1. The van der Waals surface area contributed by atoms with Gasteiger partial charge in [0.05, 0.1) is 18.0 Å². The van der Waals surface area contributed by atoms with Gasteiger partial charge in [-0.05, 0) is 37.6 Å². The Balaban J connectivity index is 2.21. The van der Waals surface area contributed by atoms with Crippen molar-refractivity contribution in [2.75, 3.05) is 0 Å². The fourth-order valence-corrected chi connectivity index (χ4v) is 1.53. The summed E-state index contributed by atoms with van der Waals surface area (Å²) in [7, 11) is 0. The highest BCUT2D eigenvalue weighted by Crippen LogP contribution is 2.26. The van der Waals surface area contributed by atoms with Crippen LogP contribution in [-0.2, 0) is 0 Å². The van der Waals surface area contributed by atoms with Gasteiger partial charge < -0.3 is 9.84 Å². The molecule has 0 saturated carbocycles. The van der Waals surface area contributed by atoms with Crippen molar-refractivity contribution in [2.24, 2.45) is 0 Å². The average molecular weight is 247 g/mol. The van der Waals surface area contributed by atoms with Crippen LogP contribution in [-0.4, -0.2) is 10.1 Å². The third-order valence-corrected chi connectivity index (χ3v) is 2.57. The lowest BCUT2D eigenvalue weighted by molar-refractivity contribution is 0.194. The van der Waals surface area contributed by atoms with Crippen molar-refractivity contribution in [3.63, 3.8) is 0 Å². The predicted molar refractivity (Wildman–Crippen MR) is 66.1 cm³/mol. The molecule has 0 amide bonds. The molecule has 0 aliphatic rings. The summed E-state index contributed by atoms with van der Waals surface area (Å²) in [5, 5.41) is 9.32. The second-order valence-electron chi connectivity index (χ2n) is 4.08. The zero-order chi connectivity index (χ0) is 13.1. The zero-order valence-electron chi connectivity index (χ0n) is 10.2. The molecule has 0 saturated heterocycles. The molecule has 1 aromatic heterocycles. The van der Waals surface area contributed by atoms with Crippen LogP contribution < -0.4 is 4.74 Å². The van der Waals surface area contributed by atoms with Gasteiger partial charge in [0, 0.05) is 0 Å². The first-order chi connectivity index (χ1) is 8.58. The minimum atomic E-state index is -0.630. The molecule has 3 nitrogen and oxygen atoms in total. The molecule has 0 aliphatic heterocycles. The lowest BCUT2D eigenvalue weighted by atomic mass is 10.2. The Morgan fingerprint density at radius 1 is 1.28 bits per heavy atom. The first-order valence-electron chi connectivity index (χ1n) is 5.65. The molecule has 1 N–H and O–H groups in total. The van der Waals surface area contributed by atoms with E-state index in [4.69, 9.17) is 4.74 Å². The van der Waals surface area contributed by atoms with E-state index in [2.05, 4.69) is 4.98 Å². The Kier molecular flexibility index (Phi) is 3.58. The van der Waals surface area contributed by atoms with E-state index in [1.807, 2.05) is 0 Å². The van der Waals surface area contributed by atoms with Crippen molar-refractivity contribution in [1.82, 2.24) is 4.98 Å². The lowest BCUT2D eigenvalue weighted by Crippen LogP contribution is -1.96. The van der Waals surface area contributed by atoms with Gasteiger partial charge in [0.15, 0.2) is 11.6 Å². The summed E-state index contributed by atoms with van der Waals surface area (Å²) in [5.74, 6) is 0.225. The molecule has 0 radical (unpaired) electrons. The zero-order valence-corrected chi connectivity index (χ0v) is 10.2. The third-order valence-electron chi connectivity index (χ3n) is 2.57. The molecule has 1 atom stereocenters. The van der Waals surface area contributed by atoms with Gasteiger partial charge in [0.2, 0.25) is 0 Å². The molecule has 94 valence electrons. The van der Waals surface area contributed by atoms with Crippen LogP contribution in [0, 0.1) is 12.7 Å². The van der Waals surface area contributed by atoms with Crippen LogP contribution in [0.3, 0.4) is 0 Å². The molecular formula is C14H14FNO2. The van der Waals surface area contributed by atoms with Crippen LogP contribution in [0.2, 0.25) is 0 Å². The number of aryl methyl sites for hydroxylation is 1. The second-order valence-corrected chi connectivity index (χ2v) is 4.08. The Hall–Kier alpha value is -1.94. The van der Waals surface area contributed by atoms with E-state index < -0.39 is 6.10 Å². The highest BCUT2D eigenvalue weighted by atomic mass is 19.1. The molecule has 2 rings (SSSR count). The van der Waals surface area contributed by atoms with Crippen LogP contribution >= 0.6 is 0 Å². The molecule has 4 heteroatoms. The van der Waals surface area contributed by atoms with Gasteiger partial charge in [0.25, 0.3) is 0 Å². The van der Waals surface area contributed by atoms with Crippen molar-refractivity contribution >= 4 is 0 Å². The molecule has 0 spiro atoms. The Morgan fingerprint density at radius 2 is 2.06 bits per heavy atom. The van der Waals surface area contributed by atoms with E-state index in [1.54, 1.807) is 44.2 Å². The quantitative estimate of drug-likeness (QED) is 0.904. The van der Waals surface area contributed by atoms with Crippen molar-refractivity contribution in [2.45, 2.75) is 20.0 Å². The fourth-order valence-electron chi connectivity index (χ4n) is 1.53. The van der Waals surface area contributed by atoms with E-state index in [1.165, 1.54) is 6.20 Å². The SMILES string of the molecule is Cc1cccc(Oc2ccc([C@@H](C)O)nc2)c1F. The molecule has 1 heterocycles. The van der Waals surface area contributed by atoms with E-state index in [0.29, 0.717) is 17.0 Å². The van der Waals surface area contributed by atoms with E-state index >= 15 is 0 Å². The van der Waals surface area contributed by atoms with Crippen LogP contribution in [0.25, 0.3) is 0 Å². The molecule has 1 aromatic carbocycles. The first kappa shape index (κ1) is 12.5. The minimum Gasteiger partial charge on any atom is -0.453 e. The Bertz CT molecular complexity index is 538. The summed E-state index contributed by atoms with van der Waals surface area (Å²) >= 11 is 0. The summed E-state index contributed by atoms with van der Waals surface area (Å²) in [6.07, 6.45) is 0.832. The topological polar surface area (TPSA) is 42.4 Å². The van der Waals surface area contributed by atoms with Crippen LogP contribution in [0.4, 0.5) is 4.39 Å². The second kappa shape index (κ2) is 5.14. The number of aliphatic hydroxyl groups is 1. The maximum atomic E-state index is 13.7. The highest BCUT2D eigenvalue weighted by Gasteiger charge is 2.08. The number of pyridine rings is 1. The van der Waals surface area contributed by atoms with Gasteiger partial charge >= 0.3 is 0 Å². The Morgan fingerprint density at radius 3 is 2.67 bits per heavy atom. The number of benzene rings is 1. The molecule has 2 aromatic rings. The van der Waals surface area contributed by atoms with Crippen LogP contribution in [0.1, 0.15) is 24.3 Å². The van der Waals surface area contributed by atoms with Crippen molar-refractivity contribution in [3.05, 3.63) is 53.6 Å². The van der Waals surface area contributed by atoms with Gasteiger partial charge in [-0.2, -0.15) is 0 Å². The summed E-state index contributed by atoms with van der Waals surface area (Å²) < 4.78 is 19.1. The maximum absolute atomic E-state index is 13.7. The monoisotopic (exact) mass is 247 g/mol. The number of hydrogen-bond acceptors (Lipinski definition) is 3. The molecule has 0 fully saturated rings. The van der Waals surface area contributed by atoms with Crippen molar-refractivity contribution in [1.29, 1.82) is 0 Å². The minimum absolute atomic E-state index is 0.168. The molecule has 0 aliphatic carbocycles.